The lowest BCUT2D eigenvalue weighted by Gasteiger charge is -2.06. The summed E-state index contributed by atoms with van der Waals surface area (Å²) in [4.78, 5) is 30.0. The van der Waals surface area contributed by atoms with E-state index < -0.39 is 11.9 Å². The third-order valence-corrected chi connectivity index (χ3v) is 5.49. The minimum Gasteiger partial charge on any atom is -0.451 e. The molecule has 0 aliphatic rings. The zero-order valence-corrected chi connectivity index (χ0v) is 15.5. The van der Waals surface area contributed by atoms with Gasteiger partial charge in [-0.25, -0.2) is 9.78 Å². The van der Waals surface area contributed by atoms with Crippen LogP contribution < -0.4 is 5.32 Å². The molecular weight excluding hydrogens is 360 g/mol. The van der Waals surface area contributed by atoms with E-state index in [2.05, 4.69) is 15.4 Å². The highest BCUT2D eigenvalue weighted by Gasteiger charge is 2.19. The van der Waals surface area contributed by atoms with E-state index in [0.717, 1.165) is 15.6 Å². The molecule has 0 saturated heterocycles. The molecule has 0 atom stereocenters. The number of aryl methyl sites for hydroxylation is 3. The van der Waals surface area contributed by atoms with Crippen LogP contribution in [0.25, 0.3) is 9.88 Å². The summed E-state index contributed by atoms with van der Waals surface area (Å²) in [5.41, 5.74) is 1.39. The van der Waals surface area contributed by atoms with Crippen molar-refractivity contribution in [2.24, 2.45) is 7.05 Å². The molecular formula is C16H16N4O3S2. The van der Waals surface area contributed by atoms with Gasteiger partial charge in [0.2, 0.25) is 0 Å². The second-order valence-electron chi connectivity index (χ2n) is 5.33. The number of carbonyl (C=O) groups is 2. The first-order chi connectivity index (χ1) is 11.9. The number of hydrogen-bond donors (Lipinski definition) is 1. The van der Waals surface area contributed by atoms with E-state index in [4.69, 9.17) is 4.74 Å². The van der Waals surface area contributed by atoms with Gasteiger partial charge >= 0.3 is 5.97 Å². The highest BCUT2D eigenvalue weighted by Crippen LogP contribution is 2.31. The first-order valence-electron chi connectivity index (χ1n) is 7.43. The molecule has 1 amide bonds. The van der Waals surface area contributed by atoms with Crippen molar-refractivity contribution in [2.75, 3.05) is 11.9 Å². The SMILES string of the molecule is Cc1cc(NC(=O)COC(=O)c2sc(-c3cccs3)nc2C)n(C)n1. The van der Waals surface area contributed by atoms with Gasteiger partial charge in [-0.1, -0.05) is 6.07 Å². The Morgan fingerprint density at radius 3 is 2.80 bits per heavy atom. The van der Waals surface area contributed by atoms with Gasteiger partial charge in [-0.05, 0) is 25.3 Å². The predicted molar refractivity (Wildman–Crippen MR) is 97.0 cm³/mol. The minimum absolute atomic E-state index is 0.366. The molecule has 1 N–H and O–H groups in total. The lowest BCUT2D eigenvalue weighted by Crippen LogP contribution is -2.22. The largest absolute Gasteiger partial charge is 0.451 e. The zero-order valence-electron chi connectivity index (χ0n) is 13.9. The quantitative estimate of drug-likeness (QED) is 0.692. The van der Waals surface area contributed by atoms with E-state index in [-0.39, 0.29) is 6.61 Å². The van der Waals surface area contributed by atoms with Crippen LogP contribution >= 0.6 is 22.7 Å². The Hall–Kier alpha value is -2.52. The molecule has 0 unspecified atom stereocenters. The van der Waals surface area contributed by atoms with E-state index in [9.17, 15) is 9.59 Å². The van der Waals surface area contributed by atoms with Gasteiger partial charge < -0.3 is 10.1 Å². The lowest BCUT2D eigenvalue weighted by atomic mass is 10.4. The summed E-state index contributed by atoms with van der Waals surface area (Å²) in [6, 6.07) is 5.61. The number of esters is 1. The molecule has 3 rings (SSSR count). The number of aromatic nitrogens is 3. The molecule has 0 aliphatic heterocycles. The van der Waals surface area contributed by atoms with Gasteiger partial charge in [0, 0.05) is 13.1 Å². The molecule has 3 aromatic rings. The van der Waals surface area contributed by atoms with Gasteiger partial charge in [0.15, 0.2) is 6.61 Å². The smallest absolute Gasteiger partial charge is 0.350 e. The van der Waals surface area contributed by atoms with Gasteiger partial charge in [0.25, 0.3) is 5.91 Å². The molecule has 3 heterocycles. The summed E-state index contributed by atoms with van der Waals surface area (Å²) in [6.45, 7) is 3.21. The first kappa shape index (κ1) is 17.3. The number of thiophene rings is 1. The fraction of sp³-hybridized carbons (Fsp3) is 0.250. The summed E-state index contributed by atoms with van der Waals surface area (Å²) < 4.78 is 6.66. The molecule has 9 heteroatoms. The molecule has 0 saturated carbocycles. The molecule has 3 aromatic heterocycles. The van der Waals surface area contributed by atoms with Crippen LogP contribution in [0.2, 0.25) is 0 Å². The van der Waals surface area contributed by atoms with Gasteiger partial charge in [0.1, 0.15) is 15.7 Å². The van der Waals surface area contributed by atoms with Crippen LogP contribution in [0.1, 0.15) is 21.1 Å². The third-order valence-electron chi connectivity index (χ3n) is 3.32. The molecule has 0 spiro atoms. The Kier molecular flexibility index (Phi) is 4.95. The van der Waals surface area contributed by atoms with Gasteiger partial charge in [0.05, 0.1) is 16.3 Å². The van der Waals surface area contributed by atoms with E-state index >= 15 is 0 Å². The van der Waals surface area contributed by atoms with Crippen LogP contribution in [0.5, 0.6) is 0 Å². The minimum atomic E-state index is -0.547. The summed E-state index contributed by atoms with van der Waals surface area (Å²) >= 11 is 2.82. The topological polar surface area (TPSA) is 86.1 Å². The highest BCUT2D eigenvalue weighted by atomic mass is 32.1. The number of nitrogens with one attached hydrogen (secondary N) is 1. The van der Waals surface area contributed by atoms with Crippen LogP contribution in [-0.4, -0.2) is 33.2 Å². The highest BCUT2D eigenvalue weighted by molar-refractivity contribution is 7.22. The molecule has 0 fully saturated rings. The first-order valence-corrected chi connectivity index (χ1v) is 9.12. The summed E-state index contributed by atoms with van der Waals surface area (Å²) in [5, 5.41) is 9.51. The number of carbonyl (C=O) groups excluding carboxylic acids is 2. The average molecular weight is 376 g/mol. The van der Waals surface area contributed by atoms with E-state index in [0.29, 0.717) is 16.4 Å². The van der Waals surface area contributed by atoms with Crippen LogP contribution in [0, 0.1) is 13.8 Å². The number of thiazole rings is 1. The average Bonchev–Trinajstić information content (AvgIpc) is 3.26. The Bertz CT molecular complexity index is 912. The Labute approximate surface area is 152 Å². The molecule has 25 heavy (non-hydrogen) atoms. The van der Waals surface area contributed by atoms with E-state index in [1.165, 1.54) is 11.3 Å². The molecule has 0 aromatic carbocycles. The number of nitrogens with zero attached hydrogens (tertiary/aromatic N) is 3. The van der Waals surface area contributed by atoms with Crippen LogP contribution in [0.3, 0.4) is 0 Å². The van der Waals surface area contributed by atoms with Crippen molar-refractivity contribution in [2.45, 2.75) is 13.8 Å². The Balaban J connectivity index is 1.61. The normalized spacial score (nSPS) is 10.7. The van der Waals surface area contributed by atoms with Crippen molar-refractivity contribution < 1.29 is 14.3 Å². The summed E-state index contributed by atoms with van der Waals surface area (Å²) in [7, 11) is 1.72. The zero-order chi connectivity index (χ0) is 18.0. The molecule has 0 radical (unpaired) electrons. The number of ether oxygens (including phenoxy) is 1. The summed E-state index contributed by atoms with van der Waals surface area (Å²) in [6.07, 6.45) is 0. The van der Waals surface area contributed by atoms with Crippen molar-refractivity contribution in [3.63, 3.8) is 0 Å². The second kappa shape index (κ2) is 7.16. The van der Waals surface area contributed by atoms with Crippen molar-refractivity contribution in [3.8, 4) is 9.88 Å². The van der Waals surface area contributed by atoms with Crippen LogP contribution in [-0.2, 0) is 16.6 Å². The van der Waals surface area contributed by atoms with Gasteiger partial charge in [-0.3, -0.25) is 9.48 Å². The van der Waals surface area contributed by atoms with Crippen molar-refractivity contribution in [1.29, 1.82) is 0 Å². The molecule has 7 nitrogen and oxygen atoms in total. The molecule has 0 aliphatic carbocycles. The second-order valence-corrected chi connectivity index (χ2v) is 7.28. The Morgan fingerprint density at radius 1 is 1.36 bits per heavy atom. The van der Waals surface area contributed by atoms with E-state index in [1.54, 1.807) is 36.1 Å². The maximum atomic E-state index is 12.2. The maximum Gasteiger partial charge on any atom is 0.350 e. The number of anilines is 1. The maximum absolute atomic E-state index is 12.2. The lowest BCUT2D eigenvalue weighted by molar-refractivity contribution is -0.119. The number of rotatable bonds is 5. The fourth-order valence-electron chi connectivity index (χ4n) is 2.19. The van der Waals surface area contributed by atoms with Crippen LogP contribution in [0.4, 0.5) is 5.82 Å². The predicted octanol–water partition coefficient (Wildman–Crippen LogP) is 3.02. The molecule has 0 bridgehead atoms. The van der Waals surface area contributed by atoms with Gasteiger partial charge in [-0.2, -0.15) is 5.10 Å². The van der Waals surface area contributed by atoms with Crippen molar-refractivity contribution >= 4 is 40.4 Å². The Morgan fingerprint density at radius 2 is 2.16 bits per heavy atom. The monoisotopic (exact) mass is 376 g/mol. The van der Waals surface area contributed by atoms with Crippen molar-refractivity contribution in [1.82, 2.24) is 14.8 Å². The number of hydrogen-bond acceptors (Lipinski definition) is 7. The standard InChI is InChI=1S/C16H16N4O3S2/c1-9-7-12(20(3)19-9)18-13(21)8-23-16(22)14-10(2)17-15(25-14)11-5-4-6-24-11/h4-7H,8H2,1-3H3,(H,18,21). The van der Waals surface area contributed by atoms with Crippen molar-refractivity contribution in [3.05, 3.63) is 39.8 Å². The third kappa shape index (κ3) is 3.94. The van der Waals surface area contributed by atoms with Crippen LogP contribution in [0.15, 0.2) is 23.6 Å². The summed E-state index contributed by atoms with van der Waals surface area (Å²) in [5.74, 6) is -0.418. The molecule has 130 valence electrons. The van der Waals surface area contributed by atoms with E-state index in [1.807, 2.05) is 24.4 Å². The number of amides is 1. The van der Waals surface area contributed by atoms with Gasteiger partial charge in [-0.15, -0.1) is 22.7 Å². The fourth-order valence-corrected chi connectivity index (χ4v) is 3.95.